The van der Waals surface area contributed by atoms with Gasteiger partial charge in [0.1, 0.15) is 5.75 Å². The van der Waals surface area contributed by atoms with Gasteiger partial charge in [0.15, 0.2) is 5.78 Å². The third-order valence-electron chi connectivity index (χ3n) is 3.40. The third kappa shape index (κ3) is 5.67. The topological polar surface area (TPSA) is 26.3 Å². The van der Waals surface area contributed by atoms with Crippen molar-refractivity contribution in [2.24, 2.45) is 0 Å². The number of halogens is 2. The third-order valence-corrected chi connectivity index (χ3v) is 4.22. The van der Waals surface area contributed by atoms with Crippen molar-refractivity contribution >= 4 is 33.3 Å². The van der Waals surface area contributed by atoms with Crippen LogP contribution in [0.15, 0.2) is 46.9 Å². The lowest BCUT2D eigenvalue weighted by atomic mass is 10.0. The Balaban J connectivity index is 1.90. The van der Waals surface area contributed by atoms with E-state index in [9.17, 15) is 4.79 Å². The molecule has 2 rings (SSSR count). The van der Waals surface area contributed by atoms with Crippen LogP contribution in [0.1, 0.15) is 42.6 Å². The van der Waals surface area contributed by atoms with E-state index in [0.717, 1.165) is 17.3 Å². The van der Waals surface area contributed by atoms with Crippen molar-refractivity contribution in [2.45, 2.75) is 39.2 Å². The SMILES string of the molecule is CC(C)Oc1ccc(C(=O)CCCc2ccc(Br)cc2)cc1Cl. The number of carbonyl (C=O) groups is 1. The molecule has 122 valence electrons. The second kappa shape index (κ2) is 8.51. The van der Waals surface area contributed by atoms with E-state index in [-0.39, 0.29) is 11.9 Å². The summed E-state index contributed by atoms with van der Waals surface area (Å²) in [6.45, 7) is 3.88. The maximum absolute atomic E-state index is 12.3. The number of rotatable bonds is 7. The summed E-state index contributed by atoms with van der Waals surface area (Å²) in [5, 5.41) is 0.484. The number of ether oxygens (including phenoxy) is 1. The Morgan fingerprint density at radius 2 is 1.87 bits per heavy atom. The van der Waals surface area contributed by atoms with Gasteiger partial charge in [0.2, 0.25) is 0 Å². The molecule has 0 radical (unpaired) electrons. The van der Waals surface area contributed by atoms with Gasteiger partial charge in [-0.05, 0) is 62.6 Å². The van der Waals surface area contributed by atoms with Crippen LogP contribution in [0.5, 0.6) is 5.75 Å². The van der Waals surface area contributed by atoms with Crippen LogP contribution in [-0.4, -0.2) is 11.9 Å². The van der Waals surface area contributed by atoms with Crippen LogP contribution < -0.4 is 4.74 Å². The molecule has 2 aromatic rings. The Kier molecular flexibility index (Phi) is 6.67. The van der Waals surface area contributed by atoms with Gasteiger partial charge < -0.3 is 4.74 Å². The second-order valence-electron chi connectivity index (χ2n) is 5.72. The average Bonchev–Trinajstić information content (AvgIpc) is 2.50. The Morgan fingerprint density at radius 1 is 1.17 bits per heavy atom. The van der Waals surface area contributed by atoms with Crippen molar-refractivity contribution in [1.29, 1.82) is 0 Å². The molecule has 0 heterocycles. The highest BCUT2D eigenvalue weighted by atomic mass is 79.9. The number of Topliss-reactive ketones (excluding diaryl/α,β-unsaturated/α-hetero) is 1. The molecule has 0 aliphatic rings. The molecule has 0 saturated carbocycles. The average molecular weight is 396 g/mol. The molecule has 0 unspecified atom stereocenters. The number of ketones is 1. The quantitative estimate of drug-likeness (QED) is 0.530. The van der Waals surface area contributed by atoms with Crippen molar-refractivity contribution < 1.29 is 9.53 Å². The Morgan fingerprint density at radius 3 is 2.48 bits per heavy atom. The number of aryl methyl sites for hydroxylation is 1. The first-order valence-electron chi connectivity index (χ1n) is 7.69. The molecule has 2 nitrogen and oxygen atoms in total. The fraction of sp³-hybridized carbons (Fsp3) is 0.316. The number of carbonyl (C=O) groups excluding carboxylic acids is 1. The van der Waals surface area contributed by atoms with Gasteiger partial charge in [-0.2, -0.15) is 0 Å². The second-order valence-corrected chi connectivity index (χ2v) is 7.04. The first kappa shape index (κ1) is 18.0. The fourth-order valence-electron chi connectivity index (χ4n) is 2.27. The molecular formula is C19H20BrClO2. The van der Waals surface area contributed by atoms with E-state index in [1.165, 1.54) is 5.56 Å². The van der Waals surface area contributed by atoms with Crippen LogP contribution in [0.3, 0.4) is 0 Å². The van der Waals surface area contributed by atoms with Crippen LogP contribution in [0, 0.1) is 0 Å². The maximum Gasteiger partial charge on any atom is 0.162 e. The lowest BCUT2D eigenvalue weighted by Gasteiger charge is -2.12. The minimum Gasteiger partial charge on any atom is -0.489 e. The Bertz CT molecular complexity index is 666. The van der Waals surface area contributed by atoms with E-state index >= 15 is 0 Å². The molecule has 0 saturated heterocycles. The first-order valence-corrected chi connectivity index (χ1v) is 8.86. The predicted molar refractivity (Wildman–Crippen MR) is 98.6 cm³/mol. The van der Waals surface area contributed by atoms with E-state index in [1.807, 2.05) is 26.0 Å². The lowest BCUT2D eigenvalue weighted by molar-refractivity contribution is 0.0980. The monoisotopic (exact) mass is 394 g/mol. The molecule has 0 aromatic heterocycles. The summed E-state index contributed by atoms with van der Waals surface area (Å²) in [5.74, 6) is 0.730. The molecule has 23 heavy (non-hydrogen) atoms. The van der Waals surface area contributed by atoms with Crippen molar-refractivity contribution in [3.05, 3.63) is 63.1 Å². The van der Waals surface area contributed by atoms with Gasteiger partial charge in [0, 0.05) is 16.5 Å². The van der Waals surface area contributed by atoms with E-state index in [2.05, 4.69) is 28.1 Å². The van der Waals surface area contributed by atoms with Crippen LogP contribution in [0.25, 0.3) is 0 Å². The summed E-state index contributed by atoms with van der Waals surface area (Å²) in [5.41, 5.74) is 1.88. The van der Waals surface area contributed by atoms with E-state index in [1.54, 1.807) is 18.2 Å². The molecular weight excluding hydrogens is 376 g/mol. The van der Waals surface area contributed by atoms with Crippen LogP contribution in [0.4, 0.5) is 0 Å². The predicted octanol–water partition coefficient (Wildman–Crippen LogP) is 6.10. The van der Waals surface area contributed by atoms with Gasteiger partial charge in [-0.3, -0.25) is 4.79 Å². The van der Waals surface area contributed by atoms with Crippen molar-refractivity contribution in [3.8, 4) is 5.75 Å². The molecule has 2 aromatic carbocycles. The Hall–Kier alpha value is -1.32. The maximum atomic E-state index is 12.3. The van der Waals surface area contributed by atoms with Gasteiger partial charge in [0.25, 0.3) is 0 Å². The molecule has 0 atom stereocenters. The van der Waals surface area contributed by atoms with Gasteiger partial charge in [0.05, 0.1) is 11.1 Å². The van der Waals surface area contributed by atoms with E-state index in [0.29, 0.717) is 22.8 Å². The summed E-state index contributed by atoms with van der Waals surface area (Å²) in [7, 11) is 0. The molecule has 0 spiro atoms. The Labute approximate surface area is 150 Å². The molecule has 0 aliphatic heterocycles. The fourth-order valence-corrected chi connectivity index (χ4v) is 2.76. The normalized spacial score (nSPS) is 10.8. The molecule has 0 N–H and O–H groups in total. The zero-order chi connectivity index (χ0) is 16.8. The van der Waals surface area contributed by atoms with E-state index < -0.39 is 0 Å². The molecule has 0 fully saturated rings. The van der Waals surface area contributed by atoms with Crippen molar-refractivity contribution in [2.75, 3.05) is 0 Å². The summed E-state index contributed by atoms with van der Waals surface area (Å²) in [4.78, 5) is 12.3. The largest absolute Gasteiger partial charge is 0.489 e. The van der Waals surface area contributed by atoms with Gasteiger partial charge in [-0.15, -0.1) is 0 Å². The number of benzene rings is 2. The van der Waals surface area contributed by atoms with Crippen LogP contribution in [0.2, 0.25) is 5.02 Å². The standard InChI is InChI=1S/C19H20BrClO2/c1-13(2)23-19-11-8-15(12-17(19)21)18(22)5-3-4-14-6-9-16(20)10-7-14/h6-13H,3-5H2,1-2H3. The number of hydrogen-bond donors (Lipinski definition) is 0. The molecule has 0 bridgehead atoms. The smallest absolute Gasteiger partial charge is 0.162 e. The molecule has 0 amide bonds. The summed E-state index contributed by atoms with van der Waals surface area (Å²) in [6, 6.07) is 13.4. The van der Waals surface area contributed by atoms with Crippen molar-refractivity contribution in [3.63, 3.8) is 0 Å². The summed E-state index contributed by atoms with van der Waals surface area (Å²) < 4.78 is 6.65. The van der Waals surface area contributed by atoms with E-state index in [4.69, 9.17) is 16.3 Å². The molecule has 4 heteroatoms. The lowest BCUT2D eigenvalue weighted by Crippen LogP contribution is -2.06. The van der Waals surface area contributed by atoms with Gasteiger partial charge in [-0.25, -0.2) is 0 Å². The zero-order valence-corrected chi connectivity index (χ0v) is 15.7. The zero-order valence-electron chi connectivity index (χ0n) is 13.3. The van der Waals surface area contributed by atoms with Crippen LogP contribution in [-0.2, 0) is 6.42 Å². The molecule has 0 aliphatic carbocycles. The van der Waals surface area contributed by atoms with Gasteiger partial charge >= 0.3 is 0 Å². The summed E-state index contributed by atoms with van der Waals surface area (Å²) >= 11 is 9.60. The highest BCUT2D eigenvalue weighted by molar-refractivity contribution is 9.10. The summed E-state index contributed by atoms with van der Waals surface area (Å²) in [6.07, 6.45) is 2.28. The van der Waals surface area contributed by atoms with Crippen LogP contribution >= 0.6 is 27.5 Å². The highest BCUT2D eigenvalue weighted by Gasteiger charge is 2.10. The minimum atomic E-state index is 0.0555. The number of hydrogen-bond acceptors (Lipinski definition) is 2. The van der Waals surface area contributed by atoms with Gasteiger partial charge in [-0.1, -0.05) is 39.7 Å². The minimum absolute atomic E-state index is 0.0555. The highest BCUT2D eigenvalue weighted by Crippen LogP contribution is 2.27. The first-order chi connectivity index (χ1) is 11.0. The van der Waals surface area contributed by atoms with Crippen molar-refractivity contribution in [1.82, 2.24) is 0 Å².